The van der Waals surface area contributed by atoms with Gasteiger partial charge in [-0.1, -0.05) is 30.3 Å². The summed E-state index contributed by atoms with van der Waals surface area (Å²) in [5, 5.41) is 3.78. The summed E-state index contributed by atoms with van der Waals surface area (Å²) >= 11 is 3.18. The number of nitrogens with zero attached hydrogens (tertiary/aromatic N) is 1. The van der Waals surface area contributed by atoms with Crippen LogP contribution in [0.1, 0.15) is 11.3 Å². The van der Waals surface area contributed by atoms with Crippen LogP contribution in [0, 0.1) is 0 Å². The van der Waals surface area contributed by atoms with Crippen molar-refractivity contribution >= 4 is 34.1 Å². The van der Waals surface area contributed by atoms with E-state index in [0.717, 1.165) is 5.56 Å². The van der Waals surface area contributed by atoms with E-state index in [0.29, 0.717) is 10.4 Å². The molecule has 0 aliphatic carbocycles. The number of nitrogens with one attached hydrogen (secondary N) is 1. The van der Waals surface area contributed by atoms with E-state index >= 15 is 0 Å². The Morgan fingerprint density at radius 2 is 2.00 bits per heavy atom. The number of carbonyl (C=O) groups excluding carboxylic acids is 1. The summed E-state index contributed by atoms with van der Waals surface area (Å²) < 4.78 is 5.81. The molecule has 0 aliphatic heterocycles. The van der Waals surface area contributed by atoms with Crippen LogP contribution in [-0.2, 0) is 4.79 Å². The van der Waals surface area contributed by atoms with Gasteiger partial charge in [0.1, 0.15) is 5.76 Å². The number of amides is 1. The third-order valence-corrected chi connectivity index (χ3v) is 2.61. The molecule has 1 heterocycles. The minimum atomic E-state index is -0.300. The van der Waals surface area contributed by atoms with Gasteiger partial charge in [-0.05, 0) is 39.7 Å². The van der Waals surface area contributed by atoms with Crippen molar-refractivity contribution in [2.24, 2.45) is 5.10 Å². The predicted molar refractivity (Wildman–Crippen MR) is 77.6 cm³/mol. The molecular weight excluding hydrogens is 308 g/mol. The number of halogens is 1. The summed E-state index contributed by atoms with van der Waals surface area (Å²) in [7, 11) is 0. The zero-order valence-electron chi connectivity index (χ0n) is 9.92. The molecule has 96 valence electrons. The summed E-state index contributed by atoms with van der Waals surface area (Å²) in [6, 6.07) is 13.0. The van der Waals surface area contributed by atoms with Crippen LogP contribution in [0.2, 0.25) is 0 Å². The average molecular weight is 319 g/mol. The molecule has 1 aromatic heterocycles. The van der Waals surface area contributed by atoms with Gasteiger partial charge in [-0.3, -0.25) is 4.79 Å². The highest BCUT2D eigenvalue weighted by Gasteiger charge is 1.95. The number of hydrogen-bond donors (Lipinski definition) is 1. The van der Waals surface area contributed by atoms with Gasteiger partial charge in [-0.25, -0.2) is 5.43 Å². The highest BCUT2D eigenvalue weighted by atomic mass is 79.9. The lowest BCUT2D eigenvalue weighted by Gasteiger charge is -1.93. The van der Waals surface area contributed by atoms with Gasteiger partial charge < -0.3 is 4.42 Å². The molecule has 2 rings (SSSR count). The molecule has 0 atom stereocenters. The molecule has 0 radical (unpaired) electrons. The Balaban J connectivity index is 1.85. The number of hydrogen-bond acceptors (Lipinski definition) is 3. The van der Waals surface area contributed by atoms with Crippen molar-refractivity contribution in [2.75, 3.05) is 0 Å². The van der Waals surface area contributed by atoms with Crippen LogP contribution in [0.4, 0.5) is 0 Å². The number of furan rings is 1. The second kappa shape index (κ2) is 6.70. The Hall–Kier alpha value is -2.14. The second-order valence-corrected chi connectivity index (χ2v) is 4.40. The highest BCUT2D eigenvalue weighted by molar-refractivity contribution is 9.10. The normalized spacial score (nSPS) is 11.2. The van der Waals surface area contributed by atoms with Gasteiger partial charge in [-0.15, -0.1) is 0 Å². The Kier molecular flexibility index (Phi) is 4.69. The topological polar surface area (TPSA) is 54.6 Å². The van der Waals surface area contributed by atoms with Crippen LogP contribution in [0.25, 0.3) is 6.08 Å². The maximum atomic E-state index is 11.5. The number of rotatable bonds is 4. The minimum absolute atomic E-state index is 0.300. The van der Waals surface area contributed by atoms with Crippen molar-refractivity contribution in [3.8, 4) is 0 Å². The van der Waals surface area contributed by atoms with Crippen molar-refractivity contribution in [3.05, 3.63) is 64.5 Å². The summed E-state index contributed by atoms with van der Waals surface area (Å²) in [5.74, 6) is 0.255. The Bertz CT molecular complexity index is 603. The fourth-order valence-corrected chi connectivity index (χ4v) is 1.65. The fraction of sp³-hybridized carbons (Fsp3) is 0. The molecule has 4 nitrogen and oxygen atoms in total. The summed E-state index contributed by atoms with van der Waals surface area (Å²) in [6.07, 6.45) is 4.57. The van der Waals surface area contributed by atoms with E-state index in [-0.39, 0.29) is 5.91 Å². The van der Waals surface area contributed by atoms with Crippen molar-refractivity contribution in [1.82, 2.24) is 5.43 Å². The van der Waals surface area contributed by atoms with Crippen LogP contribution in [0.15, 0.2) is 62.7 Å². The predicted octanol–water partition coefficient (Wildman–Crippen LogP) is 3.21. The van der Waals surface area contributed by atoms with Crippen molar-refractivity contribution in [3.63, 3.8) is 0 Å². The van der Waals surface area contributed by atoms with E-state index < -0.39 is 0 Å². The third kappa shape index (κ3) is 4.56. The van der Waals surface area contributed by atoms with Crippen LogP contribution in [-0.4, -0.2) is 12.1 Å². The highest BCUT2D eigenvalue weighted by Crippen LogP contribution is 2.11. The average Bonchev–Trinajstić information content (AvgIpc) is 2.83. The van der Waals surface area contributed by atoms with Gasteiger partial charge in [0, 0.05) is 6.08 Å². The molecule has 0 saturated carbocycles. The van der Waals surface area contributed by atoms with Crippen LogP contribution in [0.5, 0.6) is 0 Å². The van der Waals surface area contributed by atoms with Crippen LogP contribution < -0.4 is 5.43 Å². The van der Waals surface area contributed by atoms with Gasteiger partial charge in [0.15, 0.2) is 4.67 Å². The summed E-state index contributed by atoms with van der Waals surface area (Å²) in [4.78, 5) is 11.5. The van der Waals surface area contributed by atoms with E-state index in [4.69, 9.17) is 4.42 Å². The van der Waals surface area contributed by atoms with Crippen molar-refractivity contribution < 1.29 is 9.21 Å². The van der Waals surface area contributed by atoms with Gasteiger partial charge in [0.2, 0.25) is 0 Å². The monoisotopic (exact) mass is 318 g/mol. The Labute approximate surface area is 118 Å². The molecule has 1 aromatic carbocycles. The van der Waals surface area contributed by atoms with Crippen molar-refractivity contribution in [2.45, 2.75) is 0 Å². The third-order valence-electron chi connectivity index (χ3n) is 2.19. The van der Waals surface area contributed by atoms with Crippen LogP contribution >= 0.6 is 15.9 Å². The van der Waals surface area contributed by atoms with Crippen LogP contribution in [0.3, 0.4) is 0 Å². The number of carbonyl (C=O) groups is 1. The lowest BCUT2D eigenvalue weighted by Crippen LogP contribution is -2.13. The molecule has 5 heteroatoms. The summed E-state index contributed by atoms with van der Waals surface area (Å²) in [6.45, 7) is 0. The zero-order valence-corrected chi connectivity index (χ0v) is 11.5. The quantitative estimate of drug-likeness (QED) is 0.534. The first-order valence-corrected chi connectivity index (χ1v) is 6.35. The van der Waals surface area contributed by atoms with Gasteiger partial charge >= 0.3 is 0 Å². The smallest absolute Gasteiger partial charge is 0.264 e. The molecule has 0 spiro atoms. The molecule has 0 unspecified atom stereocenters. The molecule has 0 saturated heterocycles. The van der Waals surface area contributed by atoms with E-state index in [1.807, 2.05) is 30.3 Å². The fourth-order valence-electron chi connectivity index (χ4n) is 1.33. The number of hydrazone groups is 1. The zero-order chi connectivity index (χ0) is 13.5. The standard InChI is InChI=1S/C14H11BrN2O2/c15-13-8-7-12(19-13)10-16-17-14(18)9-6-11-4-2-1-3-5-11/h1-10H,(H,17,18)/b9-6+,16-10+. The second-order valence-electron chi connectivity index (χ2n) is 3.62. The largest absolute Gasteiger partial charge is 0.448 e. The molecule has 0 aliphatic rings. The van der Waals surface area contributed by atoms with E-state index in [9.17, 15) is 4.79 Å². The molecule has 1 N–H and O–H groups in total. The maximum Gasteiger partial charge on any atom is 0.264 e. The van der Waals surface area contributed by atoms with E-state index in [1.165, 1.54) is 12.3 Å². The number of benzene rings is 1. The summed E-state index contributed by atoms with van der Waals surface area (Å²) in [5.41, 5.74) is 3.33. The first-order chi connectivity index (χ1) is 9.24. The molecule has 0 fully saturated rings. The molecule has 0 bridgehead atoms. The van der Waals surface area contributed by atoms with Gasteiger partial charge in [0.25, 0.3) is 5.91 Å². The Morgan fingerprint density at radius 1 is 1.21 bits per heavy atom. The van der Waals surface area contributed by atoms with E-state index in [2.05, 4.69) is 26.5 Å². The van der Waals surface area contributed by atoms with Crippen molar-refractivity contribution in [1.29, 1.82) is 0 Å². The lowest BCUT2D eigenvalue weighted by molar-refractivity contribution is -0.116. The molecule has 2 aromatic rings. The Morgan fingerprint density at radius 3 is 2.68 bits per heavy atom. The minimum Gasteiger partial charge on any atom is -0.448 e. The van der Waals surface area contributed by atoms with E-state index in [1.54, 1.807) is 18.2 Å². The maximum absolute atomic E-state index is 11.5. The molecule has 1 amide bonds. The first kappa shape index (κ1) is 13.3. The van der Waals surface area contributed by atoms with Gasteiger partial charge in [0.05, 0.1) is 6.21 Å². The SMILES string of the molecule is O=C(/C=C/c1ccccc1)N/N=C/c1ccc(Br)o1. The lowest BCUT2D eigenvalue weighted by atomic mass is 10.2. The molecule has 19 heavy (non-hydrogen) atoms. The first-order valence-electron chi connectivity index (χ1n) is 5.55. The van der Waals surface area contributed by atoms with Gasteiger partial charge in [-0.2, -0.15) is 5.10 Å². The molecular formula is C14H11BrN2O2.